The van der Waals surface area contributed by atoms with Gasteiger partial charge in [-0.2, -0.15) is 0 Å². The Labute approximate surface area is 181 Å². The first-order chi connectivity index (χ1) is 15.0. The maximum absolute atomic E-state index is 12.5. The fraction of sp³-hybridized carbons (Fsp3) is 0.375. The van der Waals surface area contributed by atoms with Gasteiger partial charge in [-0.3, -0.25) is 9.59 Å². The Hall–Kier alpha value is -3.35. The van der Waals surface area contributed by atoms with Crippen molar-refractivity contribution in [3.8, 4) is 0 Å². The van der Waals surface area contributed by atoms with E-state index >= 15 is 0 Å². The Kier molecular flexibility index (Phi) is 5.93. The molecule has 2 aromatic carbocycles. The molecule has 2 N–H and O–H groups in total. The summed E-state index contributed by atoms with van der Waals surface area (Å²) < 4.78 is 5.24. The molecule has 31 heavy (non-hydrogen) atoms. The molecule has 0 bridgehead atoms. The largest absolute Gasteiger partial charge is 0.452 e. The Morgan fingerprint density at radius 3 is 2.61 bits per heavy atom. The summed E-state index contributed by atoms with van der Waals surface area (Å²) in [6.45, 7) is 4.51. The van der Waals surface area contributed by atoms with Gasteiger partial charge >= 0.3 is 5.97 Å². The number of anilines is 3. The van der Waals surface area contributed by atoms with E-state index in [0.29, 0.717) is 11.3 Å². The maximum Gasteiger partial charge on any atom is 0.338 e. The molecule has 7 heteroatoms. The average molecular weight is 421 g/mol. The van der Waals surface area contributed by atoms with E-state index < -0.39 is 5.97 Å². The van der Waals surface area contributed by atoms with E-state index in [4.69, 9.17) is 4.74 Å². The molecule has 2 heterocycles. The third-order valence-electron chi connectivity index (χ3n) is 5.95. The average Bonchev–Trinajstić information content (AvgIpc) is 3.28. The molecule has 4 rings (SSSR count). The lowest BCUT2D eigenvalue weighted by Crippen LogP contribution is -2.43. The normalized spacial score (nSPS) is 16.9. The lowest BCUT2D eigenvalue weighted by molar-refractivity contribution is -0.119. The van der Waals surface area contributed by atoms with Crippen LogP contribution < -0.4 is 15.5 Å². The minimum atomic E-state index is -0.602. The van der Waals surface area contributed by atoms with Gasteiger partial charge in [-0.05, 0) is 55.0 Å². The molecule has 0 aliphatic carbocycles. The van der Waals surface area contributed by atoms with Crippen molar-refractivity contribution in [3.05, 3.63) is 53.1 Å². The van der Waals surface area contributed by atoms with Crippen molar-refractivity contribution in [2.24, 2.45) is 0 Å². The van der Waals surface area contributed by atoms with Crippen LogP contribution in [0.3, 0.4) is 0 Å². The van der Waals surface area contributed by atoms with Gasteiger partial charge in [-0.1, -0.05) is 32.0 Å². The van der Waals surface area contributed by atoms with Gasteiger partial charge in [-0.25, -0.2) is 4.79 Å². The van der Waals surface area contributed by atoms with Gasteiger partial charge in [0.15, 0.2) is 6.61 Å². The van der Waals surface area contributed by atoms with Crippen molar-refractivity contribution in [1.29, 1.82) is 0 Å². The Morgan fingerprint density at radius 2 is 1.90 bits per heavy atom. The van der Waals surface area contributed by atoms with Crippen molar-refractivity contribution >= 4 is 34.8 Å². The number of para-hydroxylation sites is 1. The minimum Gasteiger partial charge on any atom is -0.452 e. The molecule has 0 unspecified atom stereocenters. The van der Waals surface area contributed by atoms with Crippen molar-refractivity contribution < 1.29 is 19.1 Å². The molecule has 2 aromatic rings. The highest BCUT2D eigenvalue weighted by Crippen LogP contribution is 2.37. The lowest BCUT2D eigenvalue weighted by Gasteiger charge is -2.33. The predicted molar refractivity (Wildman–Crippen MR) is 120 cm³/mol. The molecule has 0 saturated carbocycles. The van der Waals surface area contributed by atoms with Crippen molar-refractivity contribution in [2.45, 2.75) is 45.6 Å². The topological polar surface area (TPSA) is 87.7 Å². The molecule has 1 saturated heterocycles. The lowest BCUT2D eigenvalue weighted by atomic mass is 10.0. The third-order valence-corrected chi connectivity index (χ3v) is 5.95. The summed E-state index contributed by atoms with van der Waals surface area (Å²) in [5.74, 6) is -1.03. The first-order valence-corrected chi connectivity index (χ1v) is 10.8. The molecule has 0 spiro atoms. The molecule has 1 atom stereocenters. The minimum absolute atomic E-state index is 0.0452. The van der Waals surface area contributed by atoms with Crippen LogP contribution in [0.5, 0.6) is 0 Å². The number of aryl methyl sites for hydroxylation is 2. The number of esters is 1. The smallest absolute Gasteiger partial charge is 0.338 e. The van der Waals surface area contributed by atoms with Crippen LogP contribution in [-0.4, -0.2) is 37.0 Å². The summed E-state index contributed by atoms with van der Waals surface area (Å²) >= 11 is 0. The zero-order chi connectivity index (χ0) is 22.0. The van der Waals surface area contributed by atoms with Crippen LogP contribution in [0, 0.1) is 0 Å². The van der Waals surface area contributed by atoms with E-state index in [1.807, 2.05) is 38.1 Å². The molecule has 1 fully saturated rings. The first kappa shape index (κ1) is 20.9. The Bertz CT molecular complexity index is 1010. The highest BCUT2D eigenvalue weighted by molar-refractivity contribution is 6.05. The van der Waals surface area contributed by atoms with Gasteiger partial charge in [0, 0.05) is 12.2 Å². The van der Waals surface area contributed by atoms with E-state index in [1.54, 1.807) is 12.1 Å². The van der Waals surface area contributed by atoms with E-state index in [1.165, 1.54) is 0 Å². The quantitative estimate of drug-likeness (QED) is 0.697. The zero-order valence-corrected chi connectivity index (χ0v) is 17.9. The number of hydrogen-bond donors (Lipinski definition) is 2. The van der Waals surface area contributed by atoms with Gasteiger partial charge in [-0.15, -0.1) is 0 Å². The summed E-state index contributed by atoms with van der Waals surface area (Å²) in [6, 6.07) is 10.9. The highest BCUT2D eigenvalue weighted by atomic mass is 16.5. The first-order valence-electron chi connectivity index (χ1n) is 10.8. The molecule has 2 aliphatic heterocycles. The molecular formula is C24H27N3O4. The highest BCUT2D eigenvalue weighted by Gasteiger charge is 2.36. The second-order valence-electron chi connectivity index (χ2n) is 7.86. The molecule has 0 radical (unpaired) electrons. The number of amides is 2. The van der Waals surface area contributed by atoms with Crippen LogP contribution in [0.1, 0.15) is 48.2 Å². The maximum atomic E-state index is 12.5. The molecule has 2 aliphatic rings. The van der Waals surface area contributed by atoms with Gasteiger partial charge in [0.1, 0.15) is 6.04 Å². The molecule has 162 valence electrons. The number of carbonyl (C=O) groups excluding carboxylic acids is 3. The van der Waals surface area contributed by atoms with Gasteiger partial charge < -0.3 is 20.3 Å². The third kappa shape index (κ3) is 4.13. The molecule has 7 nitrogen and oxygen atoms in total. The number of rotatable bonds is 6. The second kappa shape index (κ2) is 8.79. The summed E-state index contributed by atoms with van der Waals surface area (Å²) in [6.07, 6.45) is 3.40. The van der Waals surface area contributed by atoms with Crippen LogP contribution >= 0.6 is 0 Å². The number of nitrogens with zero attached hydrogens (tertiary/aromatic N) is 1. The summed E-state index contributed by atoms with van der Waals surface area (Å²) in [7, 11) is 0. The summed E-state index contributed by atoms with van der Waals surface area (Å²) in [5.41, 5.74) is 4.71. The van der Waals surface area contributed by atoms with E-state index in [-0.39, 0.29) is 24.5 Å². The number of benzene rings is 2. The van der Waals surface area contributed by atoms with Crippen LogP contribution in [0.4, 0.5) is 17.1 Å². The Morgan fingerprint density at radius 1 is 1.16 bits per heavy atom. The van der Waals surface area contributed by atoms with Crippen LogP contribution in [0.25, 0.3) is 0 Å². The van der Waals surface area contributed by atoms with Crippen molar-refractivity contribution in [3.63, 3.8) is 0 Å². The molecule has 0 aromatic heterocycles. The number of ether oxygens (including phenoxy) is 1. The summed E-state index contributed by atoms with van der Waals surface area (Å²) in [5, 5.41) is 5.77. The van der Waals surface area contributed by atoms with Gasteiger partial charge in [0.05, 0.1) is 16.9 Å². The van der Waals surface area contributed by atoms with Crippen LogP contribution in [-0.2, 0) is 27.2 Å². The standard InChI is InChI=1S/C24H27N3O4/c1-3-15-7-5-8-16(4-2)22(15)26-21(28)14-31-24(30)17-10-11-19-18(13-17)25-23(29)20-9-6-12-27(19)20/h5,7-8,10-11,13,20H,3-4,6,9,12,14H2,1-2H3,(H,25,29)(H,26,28)/t20-/m0/s1. The fourth-order valence-corrected chi connectivity index (χ4v) is 4.35. The van der Waals surface area contributed by atoms with Crippen molar-refractivity contribution in [2.75, 3.05) is 28.7 Å². The molecular weight excluding hydrogens is 394 g/mol. The SMILES string of the molecule is CCc1cccc(CC)c1NC(=O)COC(=O)c1ccc2c(c1)NC(=O)[C@@H]1CCCN21. The van der Waals surface area contributed by atoms with E-state index in [9.17, 15) is 14.4 Å². The van der Waals surface area contributed by atoms with Gasteiger partial charge in [0.25, 0.3) is 5.91 Å². The number of nitrogens with one attached hydrogen (secondary N) is 2. The molecule has 2 amide bonds. The zero-order valence-electron chi connectivity index (χ0n) is 17.9. The van der Waals surface area contributed by atoms with Crippen molar-refractivity contribution in [1.82, 2.24) is 0 Å². The van der Waals surface area contributed by atoms with Gasteiger partial charge in [0.2, 0.25) is 5.91 Å². The second-order valence-corrected chi connectivity index (χ2v) is 7.86. The predicted octanol–water partition coefficient (Wildman–Crippen LogP) is 3.53. The number of carbonyl (C=O) groups is 3. The number of fused-ring (bicyclic) bond motifs is 3. The monoisotopic (exact) mass is 421 g/mol. The summed E-state index contributed by atoms with van der Waals surface area (Å²) in [4.78, 5) is 39.3. The number of hydrogen-bond acceptors (Lipinski definition) is 5. The van der Waals surface area contributed by atoms with Crippen LogP contribution in [0.15, 0.2) is 36.4 Å². The van der Waals surface area contributed by atoms with Crippen LogP contribution in [0.2, 0.25) is 0 Å². The Balaban J connectivity index is 1.41. The van der Waals surface area contributed by atoms with E-state index in [0.717, 1.165) is 54.7 Å². The van der Waals surface area contributed by atoms with E-state index in [2.05, 4.69) is 15.5 Å². The fourth-order valence-electron chi connectivity index (χ4n) is 4.35.